The Labute approximate surface area is 82.3 Å². The lowest BCUT2D eigenvalue weighted by molar-refractivity contribution is -0.169. The van der Waals surface area contributed by atoms with Crippen LogP contribution in [0.2, 0.25) is 0 Å². The Kier molecular flexibility index (Phi) is 3.14. The van der Waals surface area contributed by atoms with Crippen molar-refractivity contribution in [2.75, 3.05) is 7.11 Å². The molecule has 0 aromatic heterocycles. The first-order valence-corrected chi connectivity index (χ1v) is 4.53. The summed E-state index contributed by atoms with van der Waals surface area (Å²) >= 11 is 0. The zero-order chi connectivity index (χ0) is 10.9. The zero-order valence-electron chi connectivity index (χ0n) is 8.30. The van der Waals surface area contributed by atoms with Gasteiger partial charge >= 0.3 is 5.97 Å². The van der Waals surface area contributed by atoms with Gasteiger partial charge in [-0.2, -0.15) is 0 Å². The highest BCUT2D eigenvalue weighted by Crippen LogP contribution is 2.37. The predicted molar refractivity (Wildman–Crippen MR) is 47.4 cm³/mol. The van der Waals surface area contributed by atoms with Gasteiger partial charge in [-0.15, -0.1) is 0 Å². The summed E-state index contributed by atoms with van der Waals surface area (Å²) in [6, 6.07) is 0. The molecular weight excluding hydrogens is 188 g/mol. The molecule has 0 aliphatic heterocycles. The van der Waals surface area contributed by atoms with Crippen LogP contribution in [0.5, 0.6) is 0 Å². The summed E-state index contributed by atoms with van der Waals surface area (Å²) < 4.78 is 4.58. The average Bonchev–Trinajstić information content (AvgIpc) is 2.12. The van der Waals surface area contributed by atoms with Crippen molar-refractivity contribution < 1.29 is 24.9 Å². The van der Waals surface area contributed by atoms with Crippen molar-refractivity contribution in [1.82, 2.24) is 0 Å². The molecule has 1 aliphatic rings. The van der Waals surface area contributed by atoms with Gasteiger partial charge in [0.25, 0.3) is 0 Å². The van der Waals surface area contributed by atoms with Crippen molar-refractivity contribution in [3.05, 3.63) is 0 Å². The molecule has 0 spiro atoms. The Morgan fingerprint density at radius 1 is 1.29 bits per heavy atom. The van der Waals surface area contributed by atoms with E-state index in [1.165, 1.54) is 7.11 Å². The third-order valence-corrected chi connectivity index (χ3v) is 2.79. The van der Waals surface area contributed by atoms with Crippen LogP contribution in [0, 0.1) is 5.41 Å². The lowest BCUT2D eigenvalue weighted by Crippen LogP contribution is -2.51. The number of carbonyl (C=O) groups is 1. The van der Waals surface area contributed by atoms with Crippen molar-refractivity contribution in [1.29, 1.82) is 0 Å². The van der Waals surface area contributed by atoms with Gasteiger partial charge in [0.2, 0.25) is 0 Å². The first-order chi connectivity index (χ1) is 6.40. The summed E-state index contributed by atoms with van der Waals surface area (Å²) in [4.78, 5) is 11.4. The predicted octanol–water partition coefficient (Wildman–Crippen LogP) is -0.958. The highest BCUT2D eigenvalue weighted by molar-refractivity contribution is 5.76. The fourth-order valence-corrected chi connectivity index (χ4v) is 1.92. The van der Waals surface area contributed by atoms with E-state index in [9.17, 15) is 20.1 Å². The molecule has 0 saturated heterocycles. The molecule has 3 N–H and O–H groups in total. The molecule has 0 aromatic rings. The minimum atomic E-state index is -1.17. The minimum Gasteiger partial charge on any atom is -0.469 e. The van der Waals surface area contributed by atoms with Crippen LogP contribution >= 0.6 is 0 Å². The molecule has 0 unspecified atom stereocenters. The van der Waals surface area contributed by atoms with E-state index in [2.05, 4.69) is 4.74 Å². The third kappa shape index (κ3) is 1.89. The normalized spacial score (nSPS) is 43.4. The number of hydrogen-bond acceptors (Lipinski definition) is 5. The van der Waals surface area contributed by atoms with Crippen LogP contribution in [-0.2, 0) is 9.53 Å². The van der Waals surface area contributed by atoms with E-state index in [1.807, 2.05) is 0 Å². The monoisotopic (exact) mass is 204 g/mol. The first-order valence-electron chi connectivity index (χ1n) is 4.53. The van der Waals surface area contributed by atoms with Gasteiger partial charge in [-0.25, -0.2) is 0 Å². The average molecular weight is 204 g/mol. The molecule has 0 radical (unpaired) electrons. The summed E-state index contributed by atoms with van der Waals surface area (Å²) in [5.74, 6) is -0.470. The minimum absolute atomic E-state index is 0.109. The van der Waals surface area contributed by atoms with E-state index in [1.54, 1.807) is 6.92 Å². The van der Waals surface area contributed by atoms with Crippen molar-refractivity contribution in [3.63, 3.8) is 0 Å². The Morgan fingerprint density at radius 3 is 2.07 bits per heavy atom. The first kappa shape index (κ1) is 11.4. The maximum Gasteiger partial charge on any atom is 0.311 e. The molecule has 82 valence electrons. The summed E-state index contributed by atoms with van der Waals surface area (Å²) in [5.41, 5.74) is -0.910. The van der Waals surface area contributed by atoms with Crippen LogP contribution in [0.1, 0.15) is 19.8 Å². The topological polar surface area (TPSA) is 87.0 Å². The molecule has 1 rings (SSSR count). The number of aliphatic hydroxyl groups is 3. The van der Waals surface area contributed by atoms with E-state index in [4.69, 9.17) is 0 Å². The second-order valence-corrected chi connectivity index (χ2v) is 4.09. The number of carbonyl (C=O) groups excluding carboxylic acids is 1. The molecule has 1 aliphatic carbocycles. The standard InChI is InChI=1S/C9H16O5/c1-9(8(13)14-2)3-5(10)7(12)6(11)4-9/h5-7,10-12H,3-4H2,1-2H3/t5-,6-,7?,9?/m1/s1. The second kappa shape index (κ2) is 3.84. The molecular formula is C9H16O5. The Hall–Kier alpha value is -0.650. The van der Waals surface area contributed by atoms with Gasteiger partial charge in [-0.3, -0.25) is 4.79 Å². The van der Waals surface area contributed by atoms with Gasteiger partial charge in [0.05, 0.1) is 24.7 Å². The second-order valence-electron chi connectivity index (χ2n) is 4.09. The molecule has 14 heavy (non-hydrogen) atoms. The molecule has 5 nitrogen and oxygen atoms in total. The van der Waals surface area contributed by atoms with Crippen LogP contribution in [0.3, 0.4) is 0 Å². The van der Waals surface area contributed by atoms with E-state index >= 15 is 0 Å². The number of rotatable bonds is 1. The lowest BCUT2D eigenvalue weighted by Gasteiger charge is -2.39. The Morgan fingerprint density at radius 2 is 1.71 bits per heavy atom. The summed E-state index contributed by atoms with van der Waals surface area (Å²) in [6.07, 6.45) is -3.12. The number of hydrogen-bond donors (Lipinski definition) is 3. The van der Waals surface area contributed by atoms with E-state index in [0.29, 0.717) is 0 Å². The maximum absolute atomic E-state index is 11.4. The molecule has 0 aromatic carbocycles. The van der Waals surface area contributed by atoms with Crippen LogP contribution in [-0.4, -0.2) is 46.7 Å². The fourth-order valence-electron chi connectivity index (χ4n) is 1.92. The number of aliphatic hydroxyl groups excluding tert-OH is 3. The van der Waals surface area contributed by atoms with Gasteiger partial charge in [0.1, 0.15) is 6.10 Å². The van der Waals surface area contributed by atoms with Gasteiger partial charge in [0, 0.05) is 0 Å². The van der Waals surface area contributed by atoms with E-state index < -0.39 is 29.7 Å². The molecule has 0 bridgehead atoms. The zero-order valence-corrected chi connectivity index (χ0v) is 8.30. The summed E-state index contributed by atoms with van der Waals surface area (Å²) in [5, 5.41) is 28.1. The lowest BCUT2D eigenvalue weighted by atomic mass is 9.72. The summed E-state index contributed by atoms with van der Waals surface area (Å²) in [7, 11) is 1.26. The molecule has 0 heterocycles. The van der Waals surface area contributed by atoms with Gasteiger partial charge < -0.3 is 20.1 Å². The van der Waals surface area contributed by atoms with Gasteiger partial charge in [-0.05, 0) is 19.8 Å². The van der Waals surface area contributed by atoms with Crippen molar-refractivity contribution in [3.8, 4) is 0 Å². The molecule has 1 saturated carbocycles. The van der Waals surface area contributed by atoms with E-state index in [-0.39, 0.29) is 12.8 Å². The smallest absolute Gasteiger partial charge is 0.311 e. The Bertz CT molecular complexity index is 215. The highest BCUT2D eigenvalue weighted by Gasteiger charge is 2.46. The van der Waals surface area contributed by atoms with E-state index in [0.717, 1.165) is 0 Å². The molecule has 2 atom stereocenters. The van der Waals surface area contributed by atoms with Crippen molar-refractivity contribution >= 4 is 5.97 Å². The Balaban J connectivity index is 2.78. The largest absolute Gasteiger partial charge is 0.469 e. The third-order valence-electron chi connectivity index (χ3n) is 2.79. The fraction of sp³-hybridized carbons (Fsp3) is 0.889. The van der Waals surface area contributed by atoms with Crippen LogP contribution in [0.4, 0.5) is 0 Å². The molecule has 1 fully saturated rings. The summed E-state index contributed by atoms with van der Waals surface area (Å²) in [6.45, 7) is 1.61. The highest BCUT2D eigenvalue weighted by atomic mass is 16.5. The number of methoxy groups -OCH3 is 1. The van der Waals surface area contributed by atoms with Crippen LogP contribution < -0.4 is 0 Å². The molecule has 5 heteroatoms. The van der Waals surface area contributed by atoms with Gasteiger partial charge in [-0.1, -0.05) is 0 Å². The van der Waals surface area contributed by atoms with Gasteiger partial charge in [0.15, 0.2) is 0 Å². The quantitative estimate of drug-likeness (QED) is 0.479. The molecule has 0 amide bonds. The van der Waals surface area contributed by atoms with Crippen LogP contribution in [0.25, 0.3) is 0 Å². The van der Waals surface area contributed by atoms with Crippen molar-refractivity contribution in [2.45, 2.75) is 38.1 Å². The SMILES string of the molecule is COC(=O)C1(C)C[C@@H](O)C(O)[C@H](O)C1. The van der Waals surface area contributed by atoms with Crippen LogP contribution in [0.15, 0.2) is 0 Å². The van der Waals surface area contributed by atoms with Crippen molar-refractivity contribution in [2.24, 2.45) is 5.41 Å². The number of ether oxygens (including phenoxy) is 1. The number of esters is 1. The maximum atomic E-state index is 11.4.